The van der Waals surface area contributed by atoms with Crippen molar-refractivity contribution in [1.29, 1.82) is 0 Å². The first-order valence-electron chi connectivity index (χ1n) is 12.6. The summed E-state index contributed by atoms with van der Waals surface area (Å²) in [4.78, 5) is 30.7. The molecule has 2 saturated heterocycles. The van der Waals surface area contributed by atoms with Crippen molar-refractivity contribution in [3.05, 3.63) is 77.4 Å². The Morgan fingerprint density at radius 1 is 0.865 bits per heavy atom. The van der Waals surface area contributed by atoms with Gasteiger partial charge in [0.1, 0.15) is 19.0 Å². The highest BCUT2D eigenvalue weighted by molar-refractivity contribution is 6.46. The summed E-state index contributed by atoms with van der Waals surface area (Å²) in [6.45, 7) is 4.68. The maximum absolute atomic E-state index is 13.5. The van der Waals surface area contributed by atoms with Gasteiger partial charge in [-0.1, -0.05) is 42.5 Å². The average Bonchev–Trinajstić information content (AvgIpc) is 3.20. The first-order chi connectivity index (χ1) is 18.1. The van der Waals surface area contributed by atoms with Gasteiger partial charge in [0.15, 0.2) is 11.5 Å². The van der Waals surface area contributed by atoms with Crippen LogP contribution in [0.15, 0.2) is 66.2 Å². The summed E-state index contributed by atoms with van der Waals surface area (Å²) < 4.78 is 16.7. The van der Waals surface area contributed by atoms with E-state index in [-0.39, 0.29) is 11.3 Å². The van der Waals surface area contributed by atoms with Crippen molar-refractivity contribution in [1.82, 2.24) is 9.80 Å². The minimum atomic E-state index is -0.722. The normalized spacial score (nSPS) is 21.5. The molecule has 0 saturated carbocycles. The molecule has 1 amide bonds. The Labute approximate surface area is 214 Å². The highest BCUT2D eigenvalue weighted by atomic mass is 16.6. The molecule has 0 aliphatic carbocycles. The Bertz CT molecular complexity index is 1390. The van der Waals surface area contributed by atoms with Gasteiger partial charge < -0.3 is 24.2 Å². The molecule has 1 atom stereocenters. The number of aliphatic hydroxyl groups is 1. The Hall–Kier alpha value is -3.88. The number of carbonyl (C=O) groups excluding carboxylic acids is 2. The molecule has 3 aliphatic rings. The highest BCUT2D eigenvalue weighted by Gasteiger charge is 2.46. The van der Waals surface area contributed by atoms with Gasteiger partial charge in [0.25, 0.3) is 11.7 Å². The van der Waals surface area contributed by atoms with Crippen LogP contribution >= 0.6 is 0 Å². The molecule has 0 radical (unpaired) electrons. The second kappa shape index (κ2) is 9.88. The number of nitrogens with zero attached hydrogens (tertiary/aromatic N) is 2. The monoisotopic (exact) mass is 500 g/mol. The number of hydrogen-bond donors (Lipinski definition) is 1. The lowest BCUT2D eigenvalue weighted by atomic mass is 9.91. The van der Waals surface area contributed by atoms with Crippen molar-refractivity contribution < 1.29 is 28.9 Å². The maximum atomic E-state index is 13.5. The molecule has 0 unspecified atom stereocenters. The first-order valence-corrected chi connectivity index (χ1v) is 12.6. The van der Waals surface area contributed by atoms with Crippen molar-refractivity contribution >= 4 is 28.2 Å². The third kappa shape index (κ3) is 4.32. The van der Waals surface area contributed by atoms with E-state index in [0.717, 1.165) is 29.4 Å². The van der Waals surface area contributed by atoms with Crippen molar-refractivity contribution in [2.24, 2.45) is 0 Å². The SMILES string of the molecule is O=C1C(=O)N(CCN2CCOCC2)[C@H](c2cccc3ccccc23)C1=C(O)c1ccc2c(c1)OCCO2. The van der Waals surface area contributed by atoms with E-state index in [1.54, 1.807) is 23.1 Å². The lowest BCUT2D eigenvalue weighted by molar-refractivity contribution is -0.140. The molecular weight excluding hydrogens is 472 g/mol. The fourth-order valence-corrected chi connectivity index (χ4v) is 5.34. The summed E-state index contributed by atoms with van der Waals surface area (Å²) in [5, 5.41) is 13.4. The Morgan fingerprint density at radius 3 is 2.46 bits per heavy atom. The van der Waals surface area contributed by atoms with E-state index in [4.69, 9.17) is 14.2 Å². The number of Topliss-reactive ketones (excluding diaryl/α,β-unsaturated/α-hetero) is 1. The quantitative estimate of drug-likeness (QED) is 0.327. The standard InChI is InChI=1S/C29H28N2O6/c32-27(20-8-9-23-24(18-20)37-17-16-36-23)25-26(22-7-3-5-19-4-1-2-6-21(19)22)31(29(34)28(25)33)11-10-30-12-14-35-15-13-30/h1-9,18,26,32H,10-17H2/t26-/m1/s1. The van der Waals surface area contributed by atoms with E-state index >= 15 is 0 Å². The van der Waals surface area contributed by atoms with E-state index in [2.05, 4.69) is 4.90 Å². The summed E-state index contributed by atoms with van der Waals surface area (Å²) in [5.41, 5.74) is 1.29. The number of morpholine rings is 1. The molecule has 8 heteroatoms. The number of ether oxygens (including phenoxy) is 3. The molecule has 8 nitrogen and oxygen atoms in total. The third-order valence-electron chi connectivity index (χ3n) is 7.23. The van der Waals surface area contributed by atoms with Crippen molar-refractivity contribution in [3.63, 3.8) is 0 Å². The van der Waals surface area contributed by atoms with Gasteiger partial charge in [-0.15, -0.1) is 0 Å². The Morgan fingerprint density at radius 2 is 1.62 bits per heavy atom. The summed E-state index contributed by atoms with van der Waals surface area (Å²) in [7, 11) is 0. The summed E-state index contributed by atoms with van der Waals surface area (Å²) in [6, 6.07) is 18.1. The number of likely N-dealkylation sites (tertiary alicyclic amines) is 1. The largest absolute Gasteiger partial charge is 0.507 e. The van der Waals surface area contributed by atoms with E-state index in [9.17, 15) is 14.7 Å². The third-order valence-corrected chi connectivity index (χ3v) is 7.23. The Balaban J connectivity index is 1.46. The molecule has 2 fully saturated rings. The number of benzene rings is 3. The zero-order valence-electron chi connectivity index (χ0n) is 20.4. The lowest BCUT2D eigenvalue weighted by Crippen LogP contribution is -2.42. The average molecular weight is 501 g/mol. The first kappa shape index (κ1) is 23.5. The van der Waals surface area contributed by atoms with E-state index in [1.165, 1.54) is 0 Å². The zero-order chi connectivity index (χ0) is 25.4. The van der Waals surface area contributed by atoms with E-state index < -0.39 is 17.7 Å². The lowest BCUT2D eigenvalue weighted by Gasteiger charge is -2.31. The molecule has 190 valence electrons. The van der Waals surface area contributed by atoms with Gasteiger partial charge >= 0.3 is 0 Å². The molecule has 6 rings (SSSR count). The van der Waals surface area contributed by atoms with Crippen LogP contribution in [-0.4, -0.2) is 79.2 Å². The van der Waals surface area contributed by atoms with E-state index in [0.29, 0.717) is 56.6 Å². The van der Waals surface area contributed by atoms with Crippen molar-refractivity contribution in [2.75, 3.05) is 52.6 Å². The molecule has 0 aromatic heterocycles. The molecule has 3 aromatic rings. The number of rotatable bonds is 5. The van der Waals surface area contributed by atoms with Gasteiger partial charge in [0, 0.05) is 31.7 Å². The van der Waals surface area contributed by atoms with Crippen LogP contribution in [0.25, 0.3) is 16.5 Å². The fourth-order valence-electron chi connectivity index (χ4n) is 5.34. The minimum absolute atomic E-state index is 0.0833. The number of hydrogen-bond acceptors (Lipinski definition) is 7. The second-order valence-electron chi connectivity index (χ2n) is 9.37. The maximum Gasteiger partial charge on any atom is 0.295 e. The van der Waals surface area contributed by atoms with Crippen molar-refractivity contribution in [2.45, 2.75) is 6.04 Å². The van der Waals surface area contributed by atoms with Crippen LogP contribution < -0.4 is 9.47 Å². The summed E-state index contributed by atoms with van der Waals surface area (Å²) in [5.74, 6) is -0.433. The molecule has 3 aromatic carbocycles. The topological polar surface area (TPSA) is 88.5 Å². The molecule has 3 aliphatic heterocycles. The van der Waals surface area contributed by atoms with Gasteiger partial charge in [-0.2, -0.15) is 0 Å². The molecule has 0 spiro atoms. The van der Waals surface area contributed by atoms with Crippen LogP contribution in [0, 0.1) is 0 Å². The second-order valence-corrected chi connectivity index (χ2v) is 9.37. The van der Waals surface area contributed by atoms with E-state index in [1.807, 2.05) is 42.5 Å². The summed E-state index contributed by atoms with van der Waals surface area (Å²) in [6.07, 6.45) is 0. The highest BCUT2D eigenvalue weighted by Crippen LogP contribution is 2.43. The molecule has 0 bridgehead atoms. The molecule has 37 heavy (non-hydrogen) atoms. The smallest absolute Gasteiger partial charge is 0.295 e. The fraction of sp³-hybridized carbons (Fsp3) is 0.310. The van der Waals surface area contributed by atoms with Crippen molar-refractivity contribution in [3.8, 4) is 11.5 Å². The van der Waals surface area contributed by atoms with Crippen LogP contribution in [0.3, 0.4) is 0 Å². The van der Waals surface area contributed by atoms with Gasteiger partial charge in [-0.05, 0) is 34.5 Å². The number of amides is 1. The van der Waals surface area contributed by atoms with Crippen LogP contribution in [0.2, 0.25) is 0 Å². The summed E-state index contributed by atoms with van der Waals surface area (Å²) >= 11 is 0. The number of aliphatic hydroxyl groups excluding tert-OH is 1. The number of fused-ring (bicyclic) bond motifs is 2. The minimum Gasteiger partial charge on any atom is -0.507 e. The Kier molecular flexibility index (Phi) is 6.28. The van der Waals surface area contributed by atoms with Crippen LogP contribution in [0.4, 0.5) is 0 Å². The molecule has 1 N–H and O–H groups in total. The predicted molar refractivity (Wildman–Crippen MR) is 138 cm³/mol. The number of carbonyl (C=O) groups is 2. The van der Waals surface area contributed by atoms with Crippen LogP contribution in [0.1, 0.15) is 17.2 Å². The molecular formula is C29H28N2O6. The number of ketones is 1. The predicted octanol–water partition coefficient (Wildman–Crippen LogP) is 3.36. The van der Waals surface area contributed by atoms with Gasteiger partial charge in [0.05, 0.1) is 24.8 Å². The van der Waals surface area contributed by atoms with Gasteiger partial charge in [-0.3, -0.25) is 14.5 Å². The van der Waals surface area contributed by atoms with Crippen LogP contribution in [-0.2, 0) is 14.3 Å². The zero-order valence-corrected chi connectivity index (χ0v) is 20.4. The van der Waals surface area contributed by atoms with Crippen LogP contribution in [0.5, 0.6) is 11.5 Å². The van der Waals surface area contributed by atoms with Gasteiger partial charge in [0.2, 0.25) is 0 Å². The molecule has 3 heterocycles. The van der Waals surface area contributed by atoms with Gasteiger partial charge in [-0.25, -0.2) is 0 Å².